The predicted molar refractivity (Wildman–Crippen MR) is 81.7 cm³/mol. The molecule has 2 rings (SSSR count). The lowest BCUT2D eigenvalue weighted by molar-refractivity contribution is 0.0972. The lowest BCUT2D eigenvalue weighted by Crippen LogP contribution is -2.30. The third-order valence-corrected chi connectivity index (χ3v) is 3.21. The summed E-state index contributed by atoms with van der Waals surface area (Å²) in [4.78, 5) is 12.0. The molecule has 0 fully saturated rings. The first-order valence-corrected chi connectivity index (χ1v) is 8.60. The molecule has 0 saturated carbocycles. The molecule has 22 heavy (non-hydrogen) atoms. The summed E-state index contributed by atoms with van der Waals surface area (Å²) in [6, 6.07) is 9.15. The van der Waals surface area contributed by atoms with Crippen molar-refractivity contribution in [2.75, 3.05) is 12.9 Å². The average Bonchev–Trinajstić information content (AvgIpc) is 2.88. The van der Waals surface area contributed by atoms with Crippen LogP contribution in [-0.2, 0) is 10.0 Å². The summed E-state index contributed by atoms with van der Waals surface area (Å²) >= 11 is 0. The molecular formula is C14H17N3O4S. The van der Waals surface area contributed by atoms with Crippen LogP contribution in [0.4, 0.5) is 0 Å². The molecule has 0 radical (unpaired) electrons. The number of ether oxygens (including phenoxy) is 1. The first kappa shape index (κ1) is 16.0. The maximum atomic E-state index is 12.0. The normalized spacial score (nSPS) is 11.2. The van der Waals surface area contributed by atoms with E-state index in [-0.39, 0.29) is 11.4 Å². The molecule has 0 saturated heterocycles. The molecule has 2 aromatic rings. The molecule has 1 heterocycles. The van der Waals surface area contributed by atoms with Crippen molar-refractivity contribution in [1.82, 2.24) is 14.5 Å². The van der Waals surface area contributed by atoms with Crippen LogP contribution in [0.3, 0.4) is 0 Å². The first-order valence-electron chi connectivity index (χ1n) is 6.70. The van der Waals surface area contributed by atoms with Crippen molar-refractivity contribution >= 4 is 15.9 Å². The van der Waals surface area contributed by atoms with E-state index in [1.165, 1.54) is 4.68 Å². The molecule has 8 heteroatoms. The van der Waals surface area contributed by atoms with E-state index in [0.717, 1.165) is 18.4 Å². The number of nitrogens with zero attached hydrogens (tertiary/aromatic N) is 2. The lowest BCUT2D eigenvalue weighted by Gasteiger charge is -2.04. The number of rotatable bonds is 6. The number of benzene rings is 1. The minimum absolute atomic E-state index is 0.0669. The monoisotopic (exact) mass is 323 g/mol. The minimum atomic E-state index is -3.67. The molecule has 1 N–H and O–H groups in total. The van der Waals surface area contributed by atoms with E-state index in [9.17, 15) is 13.2 Å². The summed E-state index contributed by atoms with van der Waals surface area (Å²) in [5, 5.41) is 4.13. The number of carbonyl (C=O) groups is 1. The quantitative estimate of drug-likeness (QED) is 0.866. The van der Waals surface area contributed by atoms with Crippen LogP contribution in [0.2, 0.25) is 0 Å². The standard InChI is InChI=1S/C14H17N3O4S/c1-3-9-21-12-10-17(11-7-5-4-6-8-11)15-13(12)14(18)16-22(2,19)20/h4-8,10H,3,9H2,1-2H3,(H,16,18). The van der Waals surface area contributed by atoms with Gasteiger partial charge in [-0.1, -0.05) is 25.1 Å². The van der Waals surface area contributed by atoms with Crippen LogP contribution in [0, 0.1) is 0 Å². The highest BCUT2D eigenvalue weighted by Crippen LogP contribution is 2.20. The number of para-hydroxylation sites is 1. The average molecular weight is 323 g/mol. The van der Waals surface area contributed by atoms with Crippen LogP contribution in [0.25, 0.3) is 5.69 Å². The highest BCUT2D eigenvalue weighted by molar-refractivity contribution is 7.89. The number of amides is 1. The van der Waals surface area contributed by atoms with Gasteiger partial charge in [-0.25, -0.2) is 17.8 Å². The fourth-order valence-electron chi connectivity index (χ4n) is 1.76. The summed E-state index contributed by atoms with van der Waals surface area (Å²) in [5.41, 5.74) is 0.671. The van der Waals surface area contributed by atoms with Gasteiger partial charge >= 0.3 is 0 Å². The van der Waals surface area contributed by atoms with Crippen molar-refractivity contribution in [2.24, 2.45) is 0 Å². The van der Waals surface area contributed by atoms with Gasteiger partial charge in [0.05, 0.1) is 24.7 Å². The topological polar surface area (TPSA) is 90.3 Å². The van der Waals surface area contributed by atoms with Gasteiger partial charge in [0, 0.05) is 0 Å². The molecule has 1 amide bonds. The number of hydrogen-bond acceptors (Lipinski definition) is 5. The Labute approximate surface area is 129 Å². The second-order valence-electron chi connectivity index (χ2n) is 4.67. The largest absolute Gasteiger partial charge is 0.489 e. The van der Waals surface area contributed by atoms with Crippen LogP contribution in [0.1, 0.15) is 23.8 Å². The Bertz CT molecular complexity index is 754. The lowest BCUT2D eigenvalue weighted by atomic mass is 10.3. The van der Waals surface area contributed by atoms with Crippen LogP contribution in [0.15, 0.2) is 36.5 Å². The third kappa shape index (κ3) is 4.08. The Hall–Kier alpha value is -2.35. The fraction of sp³-hybridized carbons (Fsp3) is 0.286. The van der Waals surface area contributed by atoms with Gasteiger partial charge in [-0.2, -0.15) is 5.10 Å². The highest BCUT2D eigenvalue weighted by Gasteiger charge is 2.21. The fourth-order valence-corrected chi connectivity index (χ4v) is 2.20. The smallest absolute Gasteiger partial charge is 0.289 e. The zero-order valence-corrected chi connectivity index (χ0v) is 13.1. The number of hydrogen-bond donors (Lipinski definition) is 1. The molecule has 0 aliphatic rings. The molecule has 0 spiro atoms. The van der Waals surface area contributed by atoms with Crippen molar-refractivity contribution < 1.29 is 17.9 Å². The Morgan fingerprint density at radius 3 is 2.59 bits per heavy atom. The van der Waals surface area contributed by atoms with E-state index in [2.05, 4.69) is 5.10 Å². The number of aromatic nitrogens is 2. The van der Waals surface area contributed by atoms with Crippen LogP contribution < -0.4 is 9.46 Å². The van der Waals surface area contributed by atoms with Crippen molar-refractivity contribution in [3.05, 3.63) is 42.2 Å². The zero-order valence-electron chi connectivity index (χ0n) is 12.3. The zero-order chi connectivity index (χ0) is 16.2. The number of carbonyl (C=O) groups excluding carboxylic acids is 1. The van der Waals surface area contributed by atoms with E-state index in [4.69, 9.17) is 4.74 Å². The first-order chi connectivity index (χ1) is 10.4. The number of nitrogens with one attached hydrogen (secondary N) is 1. The number of sulfonamides is 1. The maximum absolute atomic E-state index is 12.0. The molecule has 0 bridgehead atoms. The molecule has 1 aromatic heterocycles. The Morgan fingerprint density at radius 2 is 2.00 bits per heavy atom. The summed E-state index contributed by atoms with van der Waals surface area (Å²) in [7, 11) is -3.67. The summed E-state index contributed by atoms with van der Waals surface area (Å²) < 4.78 is 31.3. The van der Waals surface area contributed by atoms with Crippen molar-refractivity contribution in [3.63, 3.8) is 0 Å². The molecular weight excluding hydrogens is 306 g/mol. The van der Waals surface area contributed by atoms with Crippen LogP contribution >= 0.6 is 0 Å². The van der Waals surface area contributed by atoms with Gasteiger partial charge in [0.2, 0.25) is 10.0 Å². The SMILES string of the molecule is CCCOc1cn(-c2ccccc2)nc1C(=O)NS(C)(=O)=O. The van der Waals surface area contributed by atoms with E-state index in [1.54, 1.807) is 6.20 Å². The maximum Gasteiger partial charge on any atom is 0.289 e. The molecule has 1 aromatic carbocycles. The van der Waals surface area contributed by atoms with E-state index in [1.807, 2.05) is 42.0 Å². The van der Waals surface area contributed by atoms with Gasteiger partial charge in [0.1, 0.15) is 0 Å². The van der Waals surface area contributed by atoms with Crippen LogP contribution in [0.5, 0.6) is 5.75 Å². The second-order valence-corrected chi connectivity index (χ2v) is 6.42. The van der Waals surface area contributed by atoms with E-state index >= 15 is 0 Å². The van der Waals surface area contributed by atoms with Gasteiger partial charge in [0.25, 0.3) is 5.91 Å². The Morgan fingerprint density at radius 1 is 1.32 bits per heavy atom. The molecule has 0 aliphatic heterocycles. The third-order valence-electron chi connectivity index (χ3n) is 2.66. The summed E-state index contributed by atoms with van der Waals surface area (Å²) in [5.74, 6) is -0.574. The summed E-state index contributed by atoms with van der Waals surface area (Å²) in [6.45, 7) is 2.33. The molecule has 0 atom stereocenters. The van der Waals surface area contributed by atoms with Gasteiger partial charge in [-0.15, -0.1) is 0 Å². The molecule has 7 nitrogen and oxygen atoms in total. The van der Waals surface area contributed by atoms with Crippen LogP contribution in [-0.4, -0.2) is 37.0 Å². The van der Waals surface area contributed by atoms with Gasteiger partial charge in [-0.05, 0) is 18.6 Å². The van der Waals surface area contributed by atoms with Gasteiger partial charge in [-0.3, -0.25) is 4.79 Å². The van der Waals surface area contributed by atoms with Crippen molar-refractivity contribution in [1.29, 1.82) is 0 Å². The molecule has 118 valence electrons. The Kier molecular flexibility index (Phi) is 4.81. The van der Waals surface area contributed by atoms with Gasteiger partial charge in [0.15, 0.2) is 11.4 Å². The predicted octanol–water partition coefficient (Wildman–Crippen LogP) is 1.35. The van der Waals surface area contributed by atoms with E-state index in [0.29, 0.717) is 6.61 Å². The minimum Gasteiger partial charge on any atom is -0.489 e. The highest BCUT2D eigenvalue weighted by atomic mass is 32.2. The van der Waals surface area contributed by atoms with E-state index < -0.39 is 15.9 Å². The second kappa shape index (κ2) is 6.61. The molecule has 0 unspecified atom stereocenters. The molecule has 0 aliphatic carbocycles. The van der Waals surface area contributed by atoms with Gasteiger partial charge < -0.3 is 4.74 Å². The Balaban J connectivity index is 2.38. The van der Waals surface area contributed by atoms with Crippen molar-refractivity contribution in [2.45, 2.75) is 13.3 Å². The van der Waals surface area contributed by atoms with Crippen molar-refractivity contribution in [3.8, 4) is 11.4 Å². The summed E-state index contributed by atoms with van der Waals surface area (Å²) in [6.07, 6.45) is 3.22.